The number of hydrogen-bond acceptors (Lipinski definition) is 3. The lowest BCUT2D eigenvalue weighted by Crippen LogP contribution is -1.80. The lowest BCUT2D eigenvalue weighted by atomic mass is 10.1. The second kappa shape index (κ2) is 3.64. The fourth-order valence-corrected chi connectivity index (χ4v) is 2.97. The van der Waals surface area contributed by atoms with Crippen LogP contribution in [0.15, 0.2) is 23.1 Å². The summed E-state index contributed by atoms with van der Waals surface area (Å²) in [7, 11) is 0. The van der Waals surface area contributed by atoms with E-state index < -0.39 is 0 Å². The molecule has 70 valence electrons. The Labute approximate surface area is 92.4 Å². The van der Waals surface area contributed by atoms with Crippen LogP contribution in [0.5, 0.6) is 0 Å². The fraction of sp³-hybridized carbons (Fsp3) is 0.182. The first-order valence-corrected chi connectivity index (χ1v) is 5.57. The van der Waals surface area contributed by atoms with Crippen LogP contribution in [0, 0.1) is 18.3 Å². The zero-order chi connectivity index (χ0) is 10.1. The molecular weight excluding hydrogens is 210 g/mol. The Hall–Kier alpha value is -0.980. The molecule has 0 saturated heterocycles. The highest BCUT2D eigenvalue weighted by Gasteiger charge is 2.08. The molecule has 0 atom stereocenters. The highest BCUT2D eigenvalue weighted by Crippen LogP contribution is 2.35. The van der Waals surface area contributed by atoms with Crippen LogP contribution in [0.4, 0.5) is 0 Å². The maximum absolute atomic E-state index is 8.69. The van der Waals surface area contributed by atoms with Gasteiger partial charge in [0.25, 0.3) is 0 Å². The Bertz CT molecular complexity index is 520. The highest BCUT2D eigenvalue weighted by molar-refractivity contribution is 7.80. The van der Waals surface area contributed by atoms with Gasteiger partial charge in [-0.2, -0.15) is 5.26 Å². The van der Waals surface area contributed by atoms with E-state index in [4.69, 9.17) is 5.26 Å². The van der Waals surface area contributed by atoms with Gasteiger partial charge in [-0.15, -0.1) is 24.0 Å². The van der Waals surface area contributed by atoms with Crippen LogP contribution in [0.1, 0.15) is 10.4 Å². The molecule has 0 saturated carbocycles. The third-order valence-electron chi connectivity index (χ3n) is 2.21. The zero-order valence-corrected chi connectivity index (χ0v) is 9.45. The van der Waals surface area contributed by atoms with E-state index in [9.17, 15) is 0 Å². The average molecular weight is 219 g/mol. The number of rotatable bonds is 1. The molecule has 1 aromatic carbocycles. The van der Waals surface area contributed by atoms with Crippen molar-refractivity contribution in [2.24, 2.45) is 0 Å². The van der Waals surface area contributed by atoms with E-state index in [0.717, 1.165) is 10.5 Å². The number of hydrogen-bond donors (Lipinski definition) is 1. The number of aryl methyl sites for hydroxylation is 1. The molecule has 2 aromatic rings. The predicted molar refractivity (Wildman–Crippen MR) is 63.1 cm³/mol. The van der Waals surface area contributed by atoms with Crippen LogP contribution in [-0.2, 0) is 6.42 Å². The molecule has 0 fully saturated rings. The maximum atomic E-state index is 8.69. The Morgan fingerprint density at radius 2 is 2.29 bits per heavy atom. The first-order valence-electron chi connectivity index (χ1n) is 4.31. The van der Waals surface area contributed by atoms with E-state index in [1.165, 1.54) is 15.0 Å². The van der Waals surface area contributed by atoms with E-state index in [-0.39, 0.29) is 0 Å². The third kappa shape index (κ3) is 1.41. The van der Waals surface area contributed by atoms with Crippen LogP contribution in [0.2, 0.25) is 0 Å². The van der Waals surface area contributed by atoms with Gasteiger partial charge in [-0.1, -0.05) is 18.2 Å². The number of thiophene rings is 1. The molecule has 0 N–H and O–H groups in total. The van der Waals surface area contributed by atoms with Crippen molar-refractivity contribution >= 4 is 34.1 Å². The Balaban J connectivity index is 2.76. The molecule has 0 radical (unpaired) electrons. The summed E-state index contributed by atoms with van der Waals surface area (Å²) in [6.45, 7) is 2.06. The van der Waals surface area contributed by atoms with Crippen LogP contribution in [0.25, 0.3) is 10.1 Å². The van der Waals surface area contributed by atoms with Crippen molar-refractivity contribution in [2.75, 3.05) is 0 Å². The molecule has 1 nitrogen and oxygen atoms in total. The first kappa shape index (κ1) is 9.57. The van der Waals surface area contributed by atoms with Gasteiger partial charge in [0.1, 0.15) is 0 Å². The smallest absolute Gasteiger partial charge is 0.0670 e. The molecule has 0 unspecified atom stereocenters. The summed E-state index contributed by atoms with van der Waals surface area (Å²) >= 11 is 6.18. The van der Waals surface area contributed by atoms with E-state index in [1.807, 2.05) is 12.1 Å². The summed E-state index contributed by atoms with van der Waals surface area (Å²) in [5.41, 5.74) is 1.11. The Morgan fingerprint density at radius 3 is 3.00 bits per heavy atom. The molecule has 0 aliphatic heterocycles. The standard InChI is InChI=1S/C11H9NS2/c1-7-10(13)9-4-2-3-8(5-6-12)11(9)14-7/h2-4,13H,5H2,1H3. The summed E-state index contributed by atoms with van der Waals surface area (Å²) in [6.07, 6.45) is 0.477. The van der Waals surface area contributed by atoms with Gasteiger partial charge in [-0.25, -0.2) is 0 Å². The largest absolute Gasteiger partial charge is 0.198 e. The van der Waals surface area contributed by atoms with Crippen molar-refractivity contribution in [1.29, 1.82) is 5.26 Å². The molecule has 1 aromatic heterocycles. The van der Waals surface area contributed by atoms with Crippen molar-refractivity contribution in [3.63, 3.8) is 0 Å². The average Bonchev–Trinajstić information content (AvgIpc) is 2.46. The SMILES string of the molecule is Cc1sc2c(CC#N)cccc2c1S. The molecule has 0 aliphatic carbocycles. The minimum Gasteiger partial charge on any atom is -0.198 e. The van der Waals surface area contributed by atoms with Gasteiger partial charge in [0, 0.05) is 19.9 Å². The number of benzene rings is 1. The molecule has 2 rings (SSSR count). The van der Waals surface area contributed by atoms with Gasteiger partial charge in [0.05, 0.1) is 12.5 Å². The zero-order valence-electron chi connectivity index (χ0n) is 7.74. The van der Waals surface area contributed by atoms with Crippen molar-refractivity contribution in [2.45, 2.75) is 18.2 Å². The highest BCUT2D eigenvalue weighted by atomic mass is 32.1. The van der Waals surface area contributed by atoms with Crippen LogP contribution in [0.3, 0.4) is 0 Å². The Kier molecular flexibility index (Phi) is 2.49. The van der Waals surface area contributed by atoms with Gasteiger partial charge in [0.15, 0.2) is 0 Å². The fourth-order valence-electron chi connectivity index (χ4n) is 1.51. The molecule has 1 heterocycles. The quantitative estimate of drug-likeness (QED) is 0.728. The third-order valence-corrected chi connectivity index (χ3v) is 4.13. The van der Waals surface area contributed by atoms with E-state index in [1.54, 1.807) is 11.3 Å². The first-order chi connectivity index (χ1) is 6.74. The van der Waals surface area contributed by atoms with E-state index in [0.29, 0.717) is 6.42 Å². The van der Waals surface area contributed by atoms with Crippen molar-refractivity contribution in [3.8, 4) is 6.07 Å². The predicted octanol–water partition coefficient (Wildman–Crippen LogP) is 3.56. The summed E-state index contributed by atoms with van der Waals surface area (Å²) < 4.78 is 1.21. The molecule has 0 bridgehead atoms. The summed E-state index contributed by atoms with van der Waals surface area (Å²) in [5, 5.41) is 9.86. The van der Waals surface area contributed by atoms with E-state index in [2.05, 4.69) is 31.7 Å². The molecular formula is C11H9NS2. The number of nitrogens with zero attached hydrogens (tertiary/aromatic N) is 1. The number of nitriles is 1. The van der Waals surface area contributed by atoms with Crippen LogP contribution in [-0.4, -0.2) is 0 Å². The normalized spacial score (nSPS) is 10.4. The lowest BCUT2D eigenvalue weighted by Gasteiger charge is -1.96. The van der Waals surface area contributed by atoms with E-state index >= 15 is 0 Å². The number of fused-ring (bicyclic) bond motifs is 1. The second-order valence-corrected chi connectivity index (χ2v) is 4.81. The molecule has 14 heavy (non-hydrogen) atoms. The summed E-state index contributed by atoms with van der Waals surface area (Å²) in [4.78, 5) is 2.26. The van der Waals surface area contributed by atoms with Gasteiger partial charge in [-0.05, 0) is 12.5 Å². The molecule has 0 spiro atoms. The minimum atomic E-state index is 0.477. The van der Waals surface area contributed by atoms with Gasteiger partial charge < -0.3 is 0 Å². The number of thiol groups is 1. The maximum Gasteiger partial charge on any atom is 0.0670 e. The van der Waals surface area contributed by atoms with Gasteiger partial charge >= 0.3 is 0 Å². The van der Waals surface area contributed by atoms with Gasteiger partial charge in [-0.3, -0.25) is 0 Å². The summed E-state index contributed by atoms with van der Waals surface area (Å²) in [5.74, 6) is 0. The molecule has 0 aliphatic rings. The van der Waals surface area contributed by atoms with Gasteiger partial charge in [0.2, 0.25) is 0 Å². The van der Waals surface area contributed by atoms with Crippen LogP contribution < -0.4 is 0 Å². The van der Waals surface area contributed by atoms with Crippen molar-refractivity contribution < 1.29 is 0 Å². The minimum absolute atomic E-state index is 0.477. The van der Waals surface area contributed by atoms with Crippen LogP contribution >= 0.6 is 24.0 Å². The lowest BCUT2D eigenvalue weighted by molar-refractivity contribution is 1.29. The molecule has 3 heteroatoms. The Morgan fingerprint density at radius 1 is 1.50 bits per heavy atom. The second-order valence-electron chi connectivity index (χ2n) is 3.14. The summed E-state index contributed by atoms with van der Waals surface area (Å²) in [6, 6.07) is 8.24. The van der Waals surface area contributed by atoms with Crippen molar-refractivity contribution in [1.82, 2.24) is 0 Å². The monoisotopic (exact) mass is 219 g/mol. The van der Waals surface area contributed by atoms with Crippen molar-refractivity contribution in [3.05, 3.63) is 28.6 Å². The molecule has 0 amide bonds. The topological polar surface area (TPSA) is 23.8 Å².